The first-order valence-electron chi connectivity index (χ1n) is 11.3. The maximum absolute atomic E-state index is 12.8. The summed E-state index contributed by atoms with van der Waals surface area (Å²) in [5.41, 5.74) is 2.75. The number of amides is 1. The molecule has 32 heavy (non-hydrogen) atoms. The van der Waals surface area contributed by atoms with Crippen molar-refractivity contribution in [1.82, 2.24) is 4.31 Å². The summed E-state index contributed by atoms with van der Waals surface area (Å²) in [5, 5.41) is 3.01. The lowest BCUT2D eigenvalue weighted by Gasteiger charge is -2.31. The Morgan fingerprint density at radius 2 is 1.66 bits per heavy atom. The van der Waals surface area contributed by atoms with Crippen LogP contribution in [0.25, 0.3) is 0 Å². The molecule has 2 aliphatic heterocycles. The van der Waals surface area contributed by atoms with Crippen LogP contribution < -0.4 is 10.2 Å². The molecule has 2 aliphatic rings. The van der Waals surface area contributed by atoms with E-state index in [4.69, 9.17) is 0 Å². The number of carbonyl (C=O) groups is 1. The molecule has 1 amide bonds. The summed E-state index contributed by atoms with van der Waals surface area (Å²) in [7, 11) is -3.40. The molecule has 8 heteroatoms. The zero-order valence-corrected chi connectivity index (χ0v) is 20.6. The molecule has 2 aromatic rings. The zero-order chi connectivity index (χ0) is 22.6. The Balaban J connectivity index is 1.28. The van der Waals surface area contributed by atoms with Gasteiger partial charge < -0.3 is 10.2 Å². The fraction of sp³-hybridized carbons (Fsp3) is 0.458. The van der Waals surface area contributed by atoms with Gasteiger partial charge in [-0.15, -0.1) is 0 Å². The van der Waals surface area contributed by atoms with Crippen LogP contribution in [0.5, 0.6) is 0 Å². The van der Waals surface area contributed by atoms with Gasteiger partial charge in [-0.05, 0) is 74.1 Å². The van der Waals surface area contributed by atoms with E-state index in [1.807, 2.05) is 36.4 Å². The molecule has 172 valence electrons. The quantitative estimate of drug-likeness (QED) is 0.604. The highest BCUT2D eigenvalue weighted by atomic mass is 79.9. The Morgan fingerprint density at radius 3 is 2.31 bits per heavy atom. The highest BCUT2D eigenvalue weighted by Gasteiger charge is 2.31. The number of nitrogens with zero attached hydrogens (tertiary/aromatic N) is 2. The SMILES string of the molecule is O=C(Nc1ccc(N2CCCCC2)cc1)C1CCN(S(=O)(=O)Cc2cccc(Br)c2)CC1. The van der Waals surface area contributed by atoms with Crippen LogP contribution in [0, 0.1) is 5.92 Å². The van der Waals surface area contributed by atoms with Gasteiger partial charge in [-0.3, -0.25) is 4.79 Å². The lowest BCUT2D eigenvalue weighted by molar-refractivity contribution is -0.120. The van der Waals surface area contributed by atoms with Crippen molar-refractivity contribution in [3.05, 3.63) is 58.6 Å². The summed E-state index contributed by atoms with van der Waals surface area (Å²) in [4.78, 5) is 15.1. The minimum Gasteiger partial charge on any atom is -0.372 e. The van der Waals surface area contributed by atoms with E-state index in [0.29, 0.717) is 25.9 Å². The van der Waals surface area contributed by atoms with E-state index >= 15 is 0 Å². The van der Waals surface area contributed by atoms with Crippen LogP contribution in [-0.2, 0) is 20.6 Å². The van der Waals surface area contributed by atoms with Crippen molar-refractivity contribution in [3.8, 4) is 0 Å². The van der Waals surface area contributed by atoms with Gasteiger partial charge in [0, 0.05) is 47.9 Å². The smallest absolute Gasteiger partial charge is 0.227 e. The van der Waals surface area contributed by atoms with Crippen molar-refractivity contribution in [2.45, 2.75) is 37.9 Å². The second-order valence-corrected chi connectivity index (χ2v) is 11.5. The van der Waals surface area contributed by atoms with Crippen LogP contribution in [0.2, 0.25) is 0 Å². The normalized spacial score (nSPS) is 18.5. The van der Waals surface area contributed by atoms with Crippen LogP contribution in [0.15, 0.2) is 53.0 Å². The molecule has 1 N–H and O–H groups in total. The average molecular weight is 520 g/mol. The minimum atomic E-state index is -3.40. The number of nitrogens with one attached hydrogen (secondary N) is 1. The Kier molecular flexibility index (Phi) is 7.53. The third kappa shape index (κ3) is 5.91. The van der Waals surface area contributed by atoms with Crippen LogP contribution in [0.3, 0.4) is 0 Å². The minimum absolute atomic E-state index is 0.0212. The first-order valence-corrected chi connectivity index (χ1v) is 13.7. The predicted octanol–water partition coefficient (Wildman–Crippen LogP) is 4.62. The Bertz CT molecular complexity index is 1030. The van der Waals surface area contributed by atoms with E-state index in [-0.39, 0.29) is 17.6 Å². The summed E-state index contributed by atoms with van der Waals surface area (Å²) in [5.74, 6) is -0.221. The molecule has 2 saturated heterocycles. The summed E-state index contributed by atoms with van der Waals surface area (Å²) in [6.45, 7) is 2.94. The fourth-order valence-corrected chi connectivity index (χ4v) is 6.47. The number of benzene rings is 2. The Labute approximate surface area is 199 Å². The summed E-state index contributed by atoms with van der Waals surface area (Å²) in [6.07, 6.45) is 4.84. The zero-order valence-electron chi connectivity index (χ0n) is 18.2. The van der Waals surface area contributed by atoms with Gasteiger partial charge >= 0.3 is 0 Å². The lowest BCUT2D eigenvalue weighted by atomic mass is 9.97. The van der Waals surface area contributed by atoms with Crippen LogP contribution in [0.1, 0.15) is 37.7 Å². The number of carbonyl (C=O) groups excluding carboxylic acids is 1. The largest absolute Gasteiger partial charge is 0.372 e. The molecule has 2 heterocycles. The average Bonchev–Trinajstić information content (AvgIpc) is 2.80. The first-order chi connectivity index (χ1) is 15.4. The van der Waals surface area contributed by atoms with E-state index in [2.05, 4.69) is 38.3 Å². The van der Waals surface area contributed by atoms with Gasteiger partial charge in [0.15, 0.2) is 0 Å². The molecule has 0 spiro atoms. The van der Waals surface area contributed by atoms with Crippen molar-refractivity contribution in [1.29, 1.82) is 0 Å². The van der Waals surface area contributed by atoms with Crippen molar-refractivity contribution >= 4 is 43.2 Å². The number of anilines is 2. The maximum atomic E-state index is 12.8. The number of hydrogen-bond donors (Lipinski definition) is 1. The Morgan fingerprint density at radius 1 is 0.969 bits per heavy atom. The molecular formula is C24H30BrN3O3S. The molecule has 0 aromatic heterocycles. The molecule has 0 atom stereocenters. The van der Waals surface area contributed by atoms with E-state index in [1.54, 1.807) is 0 Å². The number of hydrogen-bond acceptors (Lipinski definition) is 4. The summed E-state index contributed by atoms with van der Waals surface area (Å²) in [6, 6.07) is 15.4. The molecule has 2 aromatic carbocycles. The van der Waals surface area contributed by atoms with Gasteiger partial charge in [0.1, 0.15) is 0 Å². The van der Waals surface area contributed by atoms with Gasteiger partial charge in [0.25, 0.3) is 0 Å². The molecule has 0 radical (unpaired) electrons. The van der Waals surface area contributed by atoms with Crippen LogP contribution in [-0.4, -0.2) is 44.8 Å². The van der Waals surface area contributed by atoms with Crippen LogP contribution >= 0.6 is 15.9 Å². The van der Waals surface area contributed by atoms with E-state index in [9.17, 15) is 13.2 Å². The third-order valence-corrected chi connectivity index (χ3v) is 8.66. The highest BCUT2D eigenvalue weighted by Crippen LogP contribution is 2.25. The van der Waals surface area contributed by atoms with Crippen molar-refractivity contribution < 1.29 is 13.2 Å². The van der Waals surface area contributed by atoms with Crippen LogP contribution in [0.4, 0.5) is 11.4 Å². The third-order valence-electron chi connectivity index (χ3n) is 6.31. The number of piperidine rings is 2. The van der Waals surface area contributed by atoms with Crippen molar-refractivity contribution in [2.24, 2.45) is 5.92 Å². The first kappa shape index (κ1) is 23.3. The molecular weight excluding hydrogens is 490 g/mol. The number of halogens is 1. The van der Waals surface area contributed by atoms with Crippen molar-refractivity contribution in [2.75, 3.05) is 36.4 Å². The predicted molar refractivity (Wildman–Crippen MR) is 132 cm³/mol. The number of sulfonamides is 1. The number of rotatable bonds is 6. The van der Waals surface area contributed by atoms with Gasteiger partial charge in [-0.25, -0.2) is 12.7 Å². The molecule has 2 fully saturated rings. The molecule has 0 bridgehead atoms. The second kappa shape index (κ2) is 10.4. The molecule has 0 saturated carbocycles. The highest BCUT2D eigenvalue weighted by molar-refractivity contribution is 9.10. The van der Waals surface area contributed by atoms with E-state index in [1.165, 1.54) is 29.3 Å². The molecule has 4 rings (SSSR count). The van der Waals surface area contributed by atoms with Gasteiger partial charge in [-0.2, -0.15) is 0 Å². The standard InChI is InChI=1S/C24H30BrN3O3S/c25-21-6-4-5-19(17-21)18-32(30,31)28-15-11-20(12-16-28)24(29)26-22-7-9-23(10-8-22)27-13-2-1-3-14-27/h4-10,17,20H,1-3,11-16,18H2,(H,26,29). The fourth-order valence-electron chi connectivity index (χ4n) is 4.48. The summed E-state index contributed by atoms with van der Waals surface area (Å²) >= 11 is 3.39. The van der Waals surface area contributed by atoms with E-state index < -0.39 is 10.0 Å². The van der Waals surface area contributed by atoms with Gasteiger partial charge in [-0.1, -0.05) is 28.1 Å². The molecule has 0 aliphatic carbocycles. The lowest BCUT2D eigenvalue weighted by Crippen LogP contribution is -2.41. The summed E-state index contributed by atoms with van der Waals surface area (Å²) < 4.78 is 28.0. The molecule has 6 nitrogen and oxygen atoms in total. The van der Waals surface area contributed by atoms with Gasteiger partial charge in [0.05, 0.1) is 5.75 Å². The monoisotopic (exact) mass is 519 g/mol. The maximum Gasteiger partial charge on any atom is 0.227 e. The van der Waals surface area contributed by atoms with E-state index in [0.717, 1.165) is 28.8 Å². The topological polar surface area (TPSA) is 69.7 Å². The Hall–Kier alpha value is -1.90. The second-order valence-electron chi connectivity index (χ2n) is 8.64. The van der Waals surface area contributed by atoms with Gasteiger partial charge in [0.2, 0.25) is 15.9 Å². The van der Waals surface area contributed by atoms with Crippen molar-refractivity contribution in [3.63, 3.8) is 0 Å². The molecule has 0 unspecified atom stereocenters.